The van der Waals surface area contributed by atoms with E-state index < -0.39 is 11.4 Å². The number of halogens is 1. The number of rotatable bonds is 6. The van der Waals surface area contributed by atoms with Crippen LogP contribution in [0.25, 0.3) is 0 Å². The van der Waals surface area contributed by atoms with Crippen LogP contribution in [0.3, 0.4) is 0 Å². The lowest BCUT2D eigenvalue weighted by Gasteiger charge is -2.31. The lowest BCUT2D eigenvalue weighted by molar-refractivity contribution is 0.0669. The molecule has 4 nitrogen and oxygen atoms in total. The summed E-state index contributed by atoms with van der Waals surface area (Å²) >= 11 is 0. The number of hydrogen-bond donors (Lipinski definition) is 3. The van der Waals surface area contributed by atoms with E-state index in [1.54, 1.807) is 18.2 Å². The number of benzene rings is 2. The third-order valence-corrected chi connectivity index (χ3v) is 3.91. The summed E-state index contributed by atoms with van der Waals surface area (Å²) in [5, 5.41) is 29.9. The highest BCUT2D eigenvalue weighted by molar-refractivity contribution is 5.45. The monoisotopic (exact) mass is 314 g/mol. The van der Waals surface area contributed by atoms with E-state index in [0.29, 0.717) is 41.6 Å². The van der Waals surface area contributed by atoms with E-state index in [4.69, 9.17) is 11.0 Å². The first-order valence-corrected chi connectivity index (χ1v) is 7.38. The van der Waals surface area contributed by atoms with Crippen LogP contribution in [-0.2, 0) is 12.2 Å². The first-order valence-electron chi connectivity index (χ1n) is 7.38. The van der Waals surface area contributed by atoms with Crippen LogP contribution in [-0.4, -0.2) is 16.8 Å². The molecule has 1 unspecified atom stereocenters. The molecule has 0 fully saturated rings. The average molecular weight is 314 g/mol. The summed E-state index contributed by atoms with van der Waals surface area (Å²) in [5.74, 6) is -0.392. The molecule has 0 aliphatic heterocycles. The van der Waals surface area contributed by atoms with Gasteiger partial charge in [0, 0.05) is 0 Å². The topological polar surface area (TPSA) is 90.3 Å². The highest BCUT2D eigenvalue weighted by Gasteiger charge is 2.33. The molecule has 0 radical (unpaired) electrons. The van der Waals surface area contributed by atoms with Gasteiger partial charge in [0.2, 0.25) is 0 Å². The molecular formula is C18H19FN2O2. The van der Waals surface area contributed by atoms with Crippen LogP contribution < -0.4 is 5.73 Å². The van der Waals surface area contributed by atoms with Gasteiger partial charge in [0.05, 0.1) is 18.2 Å². The highest BCUT2D eigenvalue weighted by atomic mass is 19.1. The molecule has 1 atom stereocenters. The second-order valence-corrected chi connectivity index (χ2v) is 5.40. The molecule has 0 heterocycles. The highest BCUT2D eigenvalue weighted by Crippen LogP contribution is 2.36. The minimum absolute atomic E-state index is 0.309. The molecule has 0 aliphatic carbocycles. The van der Waals surface area contributed by atoms with E-state index in [2.05, 4.69) is 0 Å². The van der Waals surface area contributed by atoms with Crippen LogP contribution in [0.2, 0.25) is 0 Å². The Morgan fingerprint density at radius 1 is 1.17 bits per heavy atom. The Balaban J connectivity index is 2.58. The van der Waals surface area contributed by atoms with Crippen LogP contribution in [0.4, 0.5) is 4.39 Å². The molecule has 0 bridgehead atoms. The predicted molar refractivity (Wildman–Crippen MR) is 84.8 cm³/mol. The van der Waals surface area contributed by atoms with Gasteiger partial charge in [-0.25, -0.2) is 4.39 Å². The summed E-state index contributed by atoms with van der Waals surface area (Å²) in [7, 11) is 0. The fourth-order valence-electron chi connectivity index (χ4n) is 2.72. The number of nitrogens with zero attached hydrogens (tertiary/aromatic N) is 1. The minimum Gasteiger partial charge on any atom is -0.392 e. The summed E-state index contributed by atoms with van der Waals surface area (Å²) in [4.78, 5) is 0. The van der Waals surface area contributed by atoms with Crippen molar-refractivity contribution in [3.63, 3.8) is 0 Å². The van der Waals surface area contributed by atoms with Crippen LogP contribution in [0.1, 0.15) is 35.1 Å². The Morgan fingerprint density at radius 3 is 2.43 bits per heavy atom. The molecule has 0 amide bonds. The lowest BCUT2D eigenvalue weighted by Crippen LogP contribution is -2.30. The van der Waals surface area contributed by atoms with Crippen molar-refractivity contribution < 1.29 is 14.6 Å². The molecule has 2 aromatic rings. The average Bonchev–Trinajstić information content (AvgIpc) is 2.59. The molecule has 2 rings (SSSR count). The molecular weight excluding hydrogens is 295 g/mol. The van der Waals surface area contributed by atoms with E-state index in [9.17, 15) is 14.6 Å². The van der Waals surface area contributed by atoms with Gasteiger partial charge in [0.15, 0.2) is 0 Å². The molecule has 0 spiro atoms. The number of aliphatic hydroxyl groups is 2. The maximum Gasteiger partial charge on any atom is 0.123 e. The van der Waals surface area contributed by atoms with Crippen molar-refractivity contribution in [3.05, 3.63) is 70.5 Å². The van der Waals surface area contributed by atoms with Crippen LogP contribution in [0, 0.1) is 17.1 Å². The van der Waals surface area contributed by atoms with Crippen molar-refractivity contribution in [2.45, 2.75) is 25.0 Å². The summed E-state index contributed by atoms with van der Waals surface area (Å²) in [6.45, 7) is 0.0885. The minimum atomic E-state index is -1.40. The second-order valence-electron chi connectivity index (χ2n) is 5.40. The zero-order valence-electron chi connectivity index (χ0n) is 12.7. The van der Waals surface area contributed by atoms with Crippen molar-refractivity contribution in [2.75, 3.05) is 6.54 Å². The number of aliphatic hydroxyl groups excluding tert-OH is 1. The van der Waals surface area contributed by atoms with Gasteiger partial charge >= 0.3 is 0 Å². The summed E-state index contributed by atoms with van der Waals surface area (Å²) in [5.41, 5.74) is 6.05. The summed E-state index contributed by atoms with van der Waals surface area (Å²) in [6, 6.07) is 12.4. The van der Waals surface area contributed by atoms with Crippen molar-refractivity contribution in [2.24, 2.45) is 5.73 Å². The molecule has 5 heteroatoms. The lowest BCUT2D eigenvalue weighted by atomic mass is 9.80. The summed E-state index contributed by atoms with van der Waals surface area (Å²) in [6.07, 6.45) is 0.882. The maximum absolute atomic E-state index is 13.2. The Kier molecular flexibility index (Phi) is 5.45. The van der Waals surface area contributed by atoms with Crippen molar-refractivity contribution in [1.29, 1.82) is 5.26 Å². The van der Waals surface area contributed by atoms with Crippen molar-refractivity contribution in [1.82, 2.24) is 0 Å². The van der Waals surface area contributed by atoms with Gasteiger partial charge in [0.25, 0.3) is 0 Å². The van der Waals surface area contributed by atoms with Crippen molar-refractivity contribution in [3.8, 4) is 6.07 Å². The van der Waals surface area contributed by atoms with Crippen LogP contribution >= 0.6 is 0 Å². The molecule has 0 aliphatic rings. The zero-order chi connectivity index (χ0) is 16.9. The van der Waals surface area contributed by atoms with Gasteiger partial charge in [-0.1, -0.05) is 18.2 Å². The Morgan fingerprint density at radius 2 is 1.87 bits per heavy atom. The standard InChI is InChI=1S/C18H19FN2O2/c19-16-5-3-15(4-6-16)18(23,8-1-9-20)17-7-2-13(11-21)10-14(17)12-22/h2-7,10,22-23H,1,8-9,12,20H2. The Bertz CT molecular complexity index is 710. The quantitative estimate of drug-likeness (QED) is 0.762. The normalized spacial score (nSPS) is 13.3. The zero-order valence-corrected chi connectivity index (χ0v) is 12.7. The number of nitrogens with two attached hydrogens (primary N) is 1. The molecule has 4 N–H and O–H groups in total. The van der Waals surface area contributed by atoms with Gasteiger partial charge in [-0.2, -0.15) is 5.26 Å². The Hall–Kier alpha value is -2.26. The van der Waals surface area contributed by atoms with Crippen molar-refractivity contribution >= 4 is 0 Å². The van der Waals surface area contributed by atoms with Gasteiger partial charge < -0.3 is 15.9 Å². The first kappa shape index (κ1) is 17.1. The molecule has 2 aromatic carbocycles. The fraction of sp³-hybridized carbons (Fsp3) is 0.278. The largest absolute Gasteiger partial charge is 0.392 e. The van der Waals surface area contributed by atoms with Gasteiger partial charge in [0.1, 0.15) is 11.4 Å². The Labute approximate surface area is 134 Å². The molecule has 120 valence electrons. The molecule has 23 heavy (non-hydrogen) atoms. The fourth-order valence-corrected chi connectivity index (χ4v) is 2.72. The third kappa shape index (κ3) is 3.57. The third-order valence-electron chi connectivity index (χ3n) is 3.91. The molecule has 0 saturated heterocycles. The van der Waals surface area contributed by atoms with Crippen LogP contribution in [0.15, 0.2) is 42.5 Å². The van der Waals surface area contributed by atoms with Gasteiger partial charge in [-0.3, -0.25) is 0 Å². The number of nitriles is 1. The molecule has 0 saturated carbocycles. The first-order chi connectivity index (χ1) is 11.0. The van der Waals surface area contributed by atoms with E-state index >= 15 is 0 Å². The van der Waals surface area contributed by atoms with Crippen LogP contribution in [0.5, 0.6) is 0 Å². The maximum atomic E-state index is 13.2. The van der Waals surface area contributed by atoms with Gasteiger partial charge in [-0.05, 0) is 60.3 Å². The molecule has 0 aromatic heterocycles. The van der Waals surface area contributed by atoms with E-state index in [1.807, 2.05) is 6.07 Å². The predicted octanol–water partition coefficient (Wildman–Crippen LogP) is 2.16. The van der Waals surface area contributed by atoms with E-state index in [-0.39, 0.29) is 6.61 Å². The van der Waals surface area contributed by atoms with E-state index in [0.717, 1.165) is 0 Å². The van der Waals surface area contributed by atoms with E-state index in [1.165, 1.54) is 24.3 Å². The smallest absolute Gasteiger partial charge is 0.123 e. The summed E-state index contributed by atoms with van der Waals surface area (Å²) < 4.78 is 13.2. The number of hydrogen-bond acceptors (Lipinski definition) is 4. The SMILES string of the molecule is N#Cc1ccc(C(O)(CCCN)c2ccc(F)cc2)c(CO)c1. The van der Waals surface area contributed by atoms with Gasteiger partial charge in [-0.15, -0.1) is 0 Å². The second kappa shape index (κ2) is 7.34.